The lowest BCUT2D eigenvalue weighted by Gasteiger charge is -2.18. The van der Waals surface area contributed by atoms with Gasteiger partial charge in [-0.25, -0.2) is 0 Å². The monoisotopic (exact) mass is 221 g/mol. The van der Waals surface area contributed by atoms with Gasteiger partial charge in [-0.2, -0.15) is 0 Å². The molecule has 0 heterocycles. The number of ether oxygens (including phenoxy) is 1. The zero-order chi connectivity index (χ0) is 12.0. The Bertz CT molecular complexity index is 294. The summed E-state index contributed by atoms with van der Waals surface area (Å²) in [4.78, 5) is 0. The molecule has 90 valence electrons. The predicted octanol–water partition coefficient (Wildman–Crippen LogP) is 3.32. The van der Waals surface area contributed by atoms with Crippen molar-refractivity contribution in [1.29, 1.82) is 0 Å². The predicted molar refractivity (Wildman–Crippen MR) is 68.9 cm³/mol. The highest BCUT2D eigenvalue weighted by molar-refractivity contribution is 5.29. The number of hydrogen-bond donors (Lipinski definition) is 1. The van der Waals surface area contributed by atoms with Crippen LogP contribution in [-0.4, -0.2) is 12.6 Å². The molecule has 0 radical (unpaired) electrons. The molecule has 0 amide bonds. The summed E-state index contributed by atoms with van der Waals surface area (Å²) < 4.78 is 5.55. The average Bonchev–Trinajstić information content (AvgIpc) is 2.35. The second kappa shape index (κ2) is 6.54. The summed E-state index contributed by atoms with van der Waals surface area (Å²) in [7, 11) is 0. The molecule has 2 nitrogen and oxygen atoms in total. The van der Waals surface area contributed by atoms with Crippen LogP contribution in [0.25, 0.3) is 0 Å². The Labute approximate surface area is 98.8 Å². The largest absolute Gasteiger partial charge is 0.494 e. The number of benzene rings is 1. The third-order valence-electron chi connectivity index (χ3n) is 2.99. The molecule has 16 heavy (non-hydrogen) atoms. The van der Waals surface area contributed by atoms with Crippen LogP contribution < -0.4 is 10.5 Å². The second-order valence-electron chi connectivity index (χ2n) is 4.28. The molecule has 0 saturated heterocycles. The lowest BCUT2D eigenvalue weighted by Crippen LogP contribution is -2.25. The van der Waals surface area contributed by atoms with E-state index in [1.807, 2.05) is 12.1 Å². The van der Waals surface area contributed by atoms with Crippen molar-refractivity contribution in [2.24, 2.45) is 5.73 Å². The van der Waals surface area contributed by atoms with Gasteiger partial charge >= 0.3 is 0 Å². The van der Waals surface area contributed by atoms with Crippen molar-refractivity contribution in [3.05, 3.63) is 29.8 Å². The Balaban J connectivity index is 2.63. The summed E-state index contributed by atoms with van der Waals surface area (Å²) in [5.74, 6) is 1.35. The van der Waals surface area contributed by atoms with Crippen molar-refractivity contribution in [2.75, 3.05) is 6.61 Å². The first-order chi connectivity index (χ1) is 7.69. The van der Waals surface area contributed by atoms with Crippen LogP contribution in [0, 0.1) is 0 Å². The molecule has 0 saturated carbocycles. The maximum Gasteiger partial charge on any atom is 0.119 e. The third kappa shape index (κ3) is 3.53. The summed E-state index contributed by atoms with van der Waals surface area (Å²) in [6.07, 6.45) is 2.05. The van der Waals surface area contributed by atoms with Crippen LogP contribution in [0.1, 0.15) is 45.1 Å². The van der Waals surface area contributed by atoms with Crippen molar-refractivity contribution in [3.63, 3.8) is 0 Å². The molecule has 2 N–H and O–H groups in total. The Kier molecular flexibility index (Phi) is 5.33. The van der Waals surface area contributed by atoms with Gasteiger partial charge in [-0.1, -0.05) is 32.9 Å². The fourth-order valence-corrected chi connectivity index (χ4v) is 1.69. The first-order valence-electron chi connectivity index (χ1n) is 6.17. The van der Waals surface area contributed by atoms with Crippen LogP contribution in [0.2, 0.25) is 0 Å². The highest BCUT2D eigenvalue weighted by atomic mass is 16.5. The van der Waals surface area contributed by atoms with Crippen LogP contribution >= 0.6 is 0 Å². The van der Waals surface area contributed by atoms with E-state index in [0.29, 0.717) is 5.92 Å². The molecule has 1 rings (SSSR count). The van der Waals surface area contributed by atoms with Gasteiger partial charge in [0.25, 0.3) is 0 Å². The van der Waals surface area contributed by atoms with Gasteiger partial charge in [0, 0.05) is 6.04 Å². The molecule has 0 aliphatic carbocycles. The van der Waals surface area contributed by atoms with E-state index in [2.05, 4.69) is 32.9 Å². The van der Waals surface area contributed by atoms with Gasteiger partial charge in [0.05, 0.1) is 6.61 Å². The second-order valence-corrected chi connectivity index (χ2v) is 4.28. The lowest BCUT2D eigenvalue weighted by molar-refractivity contribution is 0.317. The summed E-state index contributed by atoms with van der Waals surface area (Å²) in [5.41, 5.74) is 7.33. The van der Waals surface area contributed by atoms with Crippen molar-refractivity contribution in [1.82, 2.24) is 0 Å². The zero-order valence-corrected chi connectivity index (χ0v) is 10.6. The molecule has 2 unspecified atom stereocenters. The van der Waals surface area contributed by atoms with E-state index < -0.39 is 0 Å². The lowest BCUT2D eigenvalue weighted by atomic mass is 9.92. The Hall–Kier alpha value is -1.02. The van der Waals surface area contributed by atoms with Gasteiger partial charge in [0.1, 0.15) is 5.75 Å². The summed E-state index contributed by atoms with van der Waals surface area (Å²) in [6.45, 7) is 7.19. The van der Waals surface area contributed by atoms with Crippen LogP contribution in [0.3, 0.4) is 0 Å². The molecule has 0 fully saturated rings. The molecule has 1 aromatic rings. The van der Waals surface area contributed by atoms with Crippen LogP contribution in [0.5, 0.6) is 5.75 Å². The van der Waals surface area contributed by atoms with E-state index >= 15 is 0 Å². The molecular weight excluding hydrogens is 198 g/mol. The van der Waals surface area contributed by atoms with Crippen LogP contribution in [0.15, 0.2) is 24.3 Å². The molecule has 0 aliphatic heterocycles. The van der Waals surface area contributed by atoms with E-state index in [9.17, 15) is 0 Å². The van der Waals surface area contributed by atoms with E-state index in [0.717, 1.165) is 25.2 Å². The first-order valence-corrected chi connectivity index (χ1v) is 6.17. The quantitative estimate of drug-likeness (QED) is 0.799. The third-order valence-corrected chi connectivity index (χ3v) is 2.99. The maximum atomic E-state index is 6.04. The molecule has 2 atom stereocenters. The van der Waals surface area contributed by atoms with E-state index in [-0.39, 0.29) is 6.04 Å². The normalized spacial score (nSPS) is 14.5. The fraction of sp³-hybridized carbons (Fsp3) is 0.571. The Morgan fingerprint density at radius 1 is 1.19 bits per heavy atom. The molecule has 0 bridgehead atoms. The van der Waals surface area contributed by atoms with Crippen LogP contribution in [-0.2, 0) is 0 Å². The minimum Gasteiger partial charge on any atom is -0.494 e. The summed E-state index contributed by atoms with van der Waals surface area (Å²) in [5, 5.41) is 0. The Morgan fingerprint density at radius 2 is 1.81 bits per heavy atom. The summed E-state index contributed by atoms with van der Waals surface area (Å²) >= 11 is 0. The van der Waals surface area contributed by atoms with Gasteiger partial charge in [-0.05, 0) is 36.5 Å². The molecule has 0 spiro atoms. The van der Waals surface area contributed by atoms with Crippen molar-refractivity contribution >= 4 is 0 Å². The molecule has 1 aromatic carbocycles. The highest BCUT2D eigenvalue weighted by Crippen LogP contribution is 2.22. The molecule has 0 aliphatic rings. The van der Waals surface area contributed by atoms with Gasteiger partial charge in [-0.15, -0.1) is 0 Å². The maximum absolute atomic E-state index is 6.04. The highest BCUT2D eigenvalue weighted by Gasteiger charge is 2.12. The SMILES string of the molecule is CCCOc1ccc(C(C)C(N)CC)cc1. The topological polar surface area (TPSA) is 35.2 Å². The van der Waals surface area contributed by atoms with Gasteiger partial charge < -0.3 is 10.5 Å². The Morgan fingerprint density at radius 3 is 2.31 bits per heavy atom. The standard InChI is InChI=1S/C14H23NO/c1-4-10-16-13-8-6-12(7-9-13)11(3)14(15)5-2/h6-9,11,14H,4-5,10,15H2,1-3H3. The van der Waals surface area contributed by atoms with Crippen molar-refractivity contribution in [2.45, 2.75) is 45.6 Å². The van der Waals surface area contributed by atoms with E-state index in [1.165, 1.54) is 5.56 Å². The van der Waals surface area contributed by atoms with Gasteiger partial charge in [0.2, 0.25) is 0 Å². The first kappa shape index (κ1) is 13.0. The van der Waals surface area contributed by atoms with E-state index in [1.54, 1.807) is 0 Å². The molecule has 2 heteroatoms. The number of rotatable bonds is 6. The number of nitrogens with two attached hydrogens (primary N) is 1. The average molecular weight is 221 g/mol. The minimum absolute atomic E-state index is 0.238. The zero-order valence-electron chi connectivity index (χ0n) is 10.6. The summed E-state index contributed by atoms with van der Waals surface area (Å²) in [6, 6.07) is 8.53. The van der Waals surface area contributed by atoms with E-state index in [4.69, 9.17) is 10.5 Å². The molecule has 0 aromatic heterocycles. The van der Waals surface area contributed by atoms with Gasteiger partial charge in [-0.3, -0.25) is 0 Å². The van der Waals surface area contributed by atoms with Crippen LogP contribution in [0.4, 0.5) is 0 Å². The minimum atomic E-state index is 0.238. The van der Waals surface area contributed by atoms with Crippen molar-refractivity contribution < 1.29 is 4.74 Å². The number of hydrogen-bond acceptors (Lipinski definition) is 2. The fourth-order valence-electron chi connectivity index (χ4n) is 1.69. The molecular formula is C14H23NO. The van der Waals surface area contributed by atoms with Crippen molar-refractivity contribution in [3.8, 4) is 5.75 Å². The smallest absolute Gasteiger partial charge is 0.119 e. The van der Waals surface area contributed by atoms with Gasteiger partial charge in [0.15, 0.2) is 0 Å².